The van der Waals surface area contributed by atoms with Crippen LogP contribution in [0.15, 0.2) is 18.2 Å². The Labute approximate surface area is 121 Å². The molecular formula is C16H27NO3. The predicted molar refractivity (Wildman–Crippen MR) is 81.2 cm³/mol. The third-order valence-electron chi connectivity index (χ3n) is 3.18. The van der Waals surface area contributed by atoms with Crippen molar-refractivity contribution in [3.8, 4) is 5.75 Å². The van der Waals surface area contributed by atoms with Crippen molar-refractivity contribution in [1.82, 2.24) is 5.32 Å². The average Bonchev–Trinajstić information content (AvgIpc) is 2.37. The van der Waals surface area contributed by atoms with Crippen molar-refractivity contribution in [1.29, 1.82) is 0 Å². The second kappa shape index (κ2) is 8.95. The normalized spacial score (nSPS) is 14.1. The smallest absolute Gasteiger partial charge is 0.125 e. The molecule has 0 aliphatic rings. The van der Waals surface area contributed by atoms with Gasteiger partial charge >= 0.3 is 0 Å². The fourth-order valence-corrected chi connectivity index (χ4v) is 2.06. The number of nitrogens with one attached hydrogen (secondary N) is 1. The maximum Gasteiger partial charge on any atom is 0.125 e. The Morgan fingerprint density at radius 1 is 1.20 bits per heavy atom. The fraction of sp³-hybridized carbons (Fsp3) is 0.625. The highest BCUT2D eigenvalue weighted by Gasteiger charge is 2.08. The second-order valence-corrected chi connectivity index (χ2v) is 5.38. The van der Waals surface area contributed by atoms with Crippen LogP contribution in [-0.4, -0.2) is 42.1 Å². The van der Waals surface area contributed by atoms with Crippen molar-refractivity contribution >= 4 is 0 Å². The molecular weight excluding hydrogens is 254 g/mol. The van der Waals surface area contributed by atoms with Gasteiger partial charge in [-0.2, -0.15) is 0 Å². The lowest BCUT2D eigenvalue weighted by Crippen LogP contribution is -2.32. The second-order valence-electron chi connectivity index (χ2n) is 5.38. The summed E-state index contributed by atoms with van der Waals surface area (Å²) in [5, 5.41) is 22.2. The van der Waals surface area contributed by atoms with Gasteiger partial charge < -0.3 is 20.3 Å². The van der Waals surface area contributed by atoms with Crippen LogP contribution in [0.4, 0.5) is 0 Å². The summed E-state index contributed by atoms with van der Waals surface area (Å²) in [5.41, 5.74) is 2.17. The highest BCUT2D eigenvalue weighted by molar-refractivity contribution is 5.39. The Hall–Kier alpha value is -1.10. The van der Waals surface area contributed by atoms with Crippen molar-refractivity contribution < 1.29 is 14.9 Å². The monoisotopic (exact) mass is 281 g/mol. The van der Waals surface area contributed by atoms with Crippen molar-refractivity contribution in [2.24, 2.45) is 0 Å². The topological polar surface area (TPSA) is 61.7 Å². The van der Waals surface area contributed by atoms with E-state index in [1.54, 1.807) is 6.92 Å². The minimum atomic E-state index is -0.527. The molecule has 0 bridgehead atoms. The lowest BCUT2D eigenvalue weighted by atomic mass is 10.1. The van der Waals surface area contributed by atoms with E-state index < -0.39 is 6.10 Å². The van der Waals surface area contributed by atoms with Gasteiger partial charge in [0.15, 0.2) is 0 Å². The molecule has 4 heteroatoms. The van der Waals surface area contributed by atoms with E-state index in [4.69, 9.17) is 9.84 Å². The highest BCUT2D eigenvalue weighted by atomic mass is 16.5. The van der Waals surface area contributed by atoms with Gasteiger partial charge in [0.2, 0.25) is 0 Å². The van der Waals surface area contributed by atoms with Crippen LogP contribution in [0, 0.1) is 13.8 Å². The summed E-state index contributed by atoms with van der Waals surface area (Å²) in [5.74, 6) is 0.862. The van der Waals surface area contributed by atoms with Gasteiger partial charge in [-0.15, -0.1) is 0 Å². The molecule has 0 amide bonds. The van der Waals surface area contributed by atoms with Crippen LogP contribution in [0.2, 0.25) is 0 Å². The summed E-state index contributed by atoms with van der Waals surface area (Å²) in [6.07, 6.45) is 0.902. The van der Waals surface area contributed by atoms with Crippen LogP contribution in [0.1, 0.15) is 30.9 Å². The van der Waals surface area contributed by atoms with E-state index in [9.17, 15) is 5.11 Å². The quantitative estimate of drug-likeness (QED) is 0.604. The Morgan fingerprint density at radius 3 is 2.45 bits per heavy atom. The molecule has 0 fully saturated rings. The number of aliphatic hydroxyl groups excluding tert-OH is 2. The van der Waals surface area contributed by atoms with E-state index in [1.807, 2.05) is 32.0 Å². The molecule has 1 aromatic rings. The minimum Gasteiger partial charge on any atom is -0.490 e. The zero-order valence-corrected chi connectivity index (χ0v) is 12.7. The number of hydrogen-bond donors (Lipinski definition) is 3. The molecule has 3 N–H and O–H groups in total. The van der Waals surface area contributed by atoms with E-state index in [0.29, 0.717) is 6.54 Å². The third kappa shape index (κ3) is 6.37. The molecule has 0 aliphatic heterocycles. The summed E-state index contributed by atoms with van der Waals surface area (Å²) >= 11 is 0. The molecule has 20 heavy (non-hydrogen) atoms. The van der Waals surface area contributed by atoms with Gasteiger partial charge in [0.25, 0.3) is 0 Å². The number of para-hydroxylation sites is 1. The first-order valence-electron chi connectivity index (χ1n) is 7.26. The van der Waals surface area contributed by atoms with Crippen LogP contribution >= 0.6 is 0 Å². The molecule has 1 rings (SSSR count). The molecule has 4 nitrogen and oxygen atoms in total. The SMILES string of the molecule is Cc1cccc(C)c1OCC(O)CNCCCC(C)O. The number of rotatable bonds is 9. The molecule has 0 heterocycles. The molecule has 0 saturated heterocycles. The van der Waals surface area contributed by atoms with Crippen molar-refractivity contribution in [2.45, 2.75) is 45.8 Å². The zero-order chi connectivity index (χ0) is 15.0. The lowest BCUT2D eigenvalue weighted by molar-refractivity contribution is 0.105. The first-order chi connectivity index (χ1) is 9.50. The van der Waals surface area contributed by atoms with Crippen LogP contribution in [0.3, 0.4) is 0 Å². The van der Waals surface area contributed by atoms with Gasteiger partial charge in [-0.3, -0.25) is 0 Å². The summed E-state index contributed by atoms with van der Waals surface area (Å²) in [4.78, 5) is 0. The van der Waals surface area contributed by atoms with Gasteiger partial charge in [-0.05, 0) is 51.3 Å². The molecule has 0 aliphatic carbocycles. The largest absolute Gasteiger partial charge is 0.490 e. The number of ether oxygens (including phenoxy) is 1. The van der Waals surface area contributed by atoms with Crippen LogP contribution in [0.5, 0.6) is 5.75 Å². The first-order valence-corrected chi connectivity index (χ1v) is 7.26. The number of hydrogen-bond acceptors (Lipinski definition) is 4. The van der Waals surface area contributed by atoms with Gasteiger partial charge in [-0.1, -0.05) is 18.2 Å². The van der Waals surface area contributed by atoms with Crippen LogP contribution < -0.4 is 10.1 Å². The standard InChI is InChI=1S/C16H27NO3/c1-12-6-4-7-13(2)16(12)20-11-15(19)10-17-9-5-8-14(3)18/h4,6-7,14-15,17-19H,5,8-11H2,1-3H3. The Morgan fingerprint density at radius 2 is 1.85 bits per heavy atom. The number of aryl methyl sites for hydroxylation is 2. The van der Waals surface area contributed by atoms with E-state index in [1.165, 1.54) is 0 Å². The fourth-order valence-electron chi connectivity index (χ4n) is 2.06. The van der Waals surface area contributed by atoms with Gasteiger partial charge in [0.05, 0.1) is 6.10 Å². The molecule has 1 aromatic carbocycles. The van der Waals surface area contributed by atoms with Crippen molar-refractivity contribution in [3.63, 3.8) is 0 Å². The first kappa shape index (κ1) is 17.0. The molecule has 114 valence electrons. The average molecular weight is 281 g/mol. The highest BCUT2D eigenvalue weighted by Crippen LogP contribution is 2.22. The minimum absolute atomic E-state index is 0.255. The summed E-state index contributed by atoms with van der Waals surface area (Å²) in [7, 11) is 0. The molecule has 0 radical (unpaired) electrons. The molecule has 0 spiro atoms. The summed E-state index contributed by atoms with van der Waals surface area (Å²) in [6.45, 7) is 7.38. The Kier molecular flexibility index (Phi) is 7.59. The third-order valence-corrected chi connectivity index (χ3v) is 3.18. The Bertz CT molecular complexity index is 373. The van der Waals surface area contributed by atoms with Crippen LogP contribution in [0.25, 0.3) is 0 Å². The van der Waals surface area contributed by atoms with E-state index >= 15 is 0 Å². The van der Waals surface area contributed by atoms with Crippen molar-refractivity contribution in [2.75, 3.05) is 19.7 Å². The van der Waals surface area contributed by atoms with Gasteiger partial charge in [-0.25, -0.2) is 0 Å². The van der Waals surface area contributed by atoms with Crippen molar-refractivity contribution in [3.05, 3.63) is 29.3 Å². The maximum atomic E-state index is 9.86. The number of aliphatic hydroxyl groups is 2. The van der Waals surface area contributed by atoms with Gasteiger partial charge in [0.1, 0.15) is 18.5 Å². The van der Waals surface area contributed by atoms with E-state index in [-0.39, 0.29) is 12.7 Å². The molecule has 0 saturated carbocycles. The number of benzene rings is 1. The molecule has 2 atom stereocenters. The predicted octanol–water partition coefficient (Wildman–Crippen LogP) is 1.79. The summed E-state index contributed by atoms with van der Waals surface area (Å²) < 4.78 is 5.69. The van der Waals surface area contributed by atoms with E-state index in [0.717, 1.165) is 36.3 Å². The van der Waals surface area contributed by atoms with E-state index in [2.05, 4.69) is 5.32 Å². The zero-order valence-electron chi connectivity index (χ0n) is 12.7. The maximum absolute atomic E-state index is 9.86. The summed E-state index contributed by atoms with van der Waals surface area (Å²) in [6, 6.07) is 6.00. The lowest BCUT2D eigenvalue weighted by Gasteiger charge is -2.16. The molecule has 0 aromatic heterocycles. The molecule has 2 unspecified atom stereocenters. The van der Waals surface area contributed by atoms with Gasteiger partial charge in [0, 0.05) is 6.54 Å². The Balaban J connectivity index is 2.21. The van der Waals surface area contributed by atoms with Crippen LogP contribution in [-0.2, 0) is 0 Å².